The van der Waals surface area contributed by atoms with Crippen LogP contribution in [0, 0.1) is 13.8 Å². The smallest absolute Gasteiger partial charge is 0.311 e. The summed E-state index contributed by atoms with van der Waals surface area (Å²) >= 11 is 1.45. The molecule has 0 saturated heterocycles. The van der Waals surface area contributed by atoms with Gasteiger partial charge in [-0.1, -0.05) is 30.3 Å². The standard InChI is InChI=1S/C23H21N3O5S2/c1-14-13-32-15(2)21(14)26-33(28,29)20-11-17(9-10-18(20)30-3)25-22(27)23-24-12-19(31-23)16-7-5-4-6-8-16/h4-13,26H,1-3H3,(H,25,27). The van der Waals surface area contributed by atoms with Gasteiger partial charge in [0.2, 0.25) is 0 Å². The van der Waals surface area contributed by atoms with E-state index < -0.39 is 15.9 Å². The van der Waals surface area contributed by atoms with Gasteiger partial charge < -0.3 is 14.5 Å². The molecule has 4 rings (SSSR count). The molecule has 0 fully saturated rings. The Morgan fingerprint density at radius 3 is 2.55 bits per heavy atom. The van der Waals surface area contributed by atoms with Crippen LogP contribution >= 0.6 is 11.3 Å². The molecule has 170 valence electrons. The second kappa shape index (κ2) is 9.08. The van der Waals surface area contributed by atoms with Gasteiger partial charge in [0.05, 0.1) is 19.0 Å². The van der Waals surface area contributed by atoms with Crippen LogP contribution in [0.25, 0.3) is 11.3 Å². The number of benzene rings is 2. The molecule has 1 amide bonds. The number of methoxy groups -OCH3 is 1. The largest absolute Gasteiger partial charge is 0.495 e. The topological polar surface area (TPSA) is 111 Å². The maximum atomic E-state index is 13.1. The zero-order valence-corrected chi connectivity index (χ0v) is 19.7. The van der Waals surface area contributed by atoms with Gasteiger partial charge >= 0.3 is 5.91 Å². The van der Waals surface area contributed by atoms with Crippen LogP contribution < -0.4 is 14.8 Å². The number of carbonyl (C=O) groups is 1. The van der Waals surface area contributed by atoms with Gasteiger partial charge in [-0.05, 0) is 43.0 Å². The third-order valence-corrected chi connectivity index (χ3v) is 7.26. The molecule has 10 heteroatoms. The third kappa shape index (κ3) is 4.76. The lowest BCUT2D eigenvalue weighted by Crippen LogP contribution is -2.16. The Kier molecular flexibility index (Phi) is 6.21. The van der Waals surface area contributed by atoms with Gasteiger partial charge in [0.15, 0.2) is 5.76 Å². The molecule has 0 aliphatic carbocycles. The van der Waals surface area contributed by atoms with Gasteiger partial charge in [-0.2, -0.15) is 0 Å². The molecule has 8 nitrogen and oxygen atoms in total. The molecule has 0 bridgehead atoms. The van der Waals surface area contributed by atoms with Crippen molar-refractivity contribution in [2.24, 2.45) is 0 Å². The lowest BCUT2D eigenvalue weighted by Gasteiger charge is -2.14. The van der Waals surface area contributed by atoms with Crippen molar-refractivity contribution in [3.05, 3.63) is 76.4 Å². The normalized spacial score (nSPS) is 11.2. The molecule has 0 aliphatic rings. The third-order valence-electron chi connectivity index (χ3n) is 4.86. The Balaban J connectivity index is 1.59. The van der Waals surface area contributed by atoms with Crippen molar-refractivity contribution >= 4 is 38.6 Å². The summed E-state index contributed by atoms with van der Waals surface area (Å²) in [5, 5.41) is 4.50. The van der Waals surface area contributed by atoms with Gasteiger partial charge in [0.25, 0.3) is 15.9 Å². The molecular formula is C23H21N3O5S2. The van der Waals surface area contributed by atoms with Crippen LogP contribution in [0.1, 0.15) is 21.1 Å². The maximum Gasteiger partial charge on any atom is 0.311 e. The summed E-state index contributed by atoms with van der Waals surface area (Å²) in [7, 11) is -2.60. The van der Waals surface area contributed by atoms with Gasteiger partial charge in [-0.25, -0.2) is 13.4 Å². The predicted molar refractivity (Wildman–Crippen MR) is 127 cm³/mol. The van der Waals surface area contributed by atoms with Crippen LogP contribution in [-0.4, -0.2) is 26.4 Å². The molecular weight excluding hydrogens is 462 g/mol. The van der Waals surface area contributed by atoms with E-state index in [-0.39, 0.29) is 22.2 Å². The number of anilines is 2. The molecule has 2 heterocycles. The SMILES string of the molecule is COc1ccc(NC(=O)c2ncc(-c3ccccc3)o2)cc1S(=O)(=O)Nc1c(C)csc1C. The van der Waals surface area contributed by atoms with Gasteiger partial charge in [0, 0.05) is 16.1 Å². The molecule has 0 atom stereocenters. The fourth-order valence-corrected chi connectivity index (χ4v) is 5.43. The summed E-state index contributed by atoms with van der Waals surface area (Å²) in [5.41, 5.74) is 2.39. The summed E-state index contributed by atoms with van der Waals surface area (Å²) in [5.74, 6) is -0.155. The van der Waals surface area contributed by atoms with Crippen molar-refractivity contribution in [2.45, 2.75) is 18.7 Å². The Labute approximate surface area is 195 Å². The highest BCUT2D eigenvalue weighted by Crippen LogP contribution is 2.33. The summed E-state index contributed by atoms with van der Waals surface area (Å²) in [6.07, 6.45) is 1.46. The summed E-state index contributed by atoms with van der Waals surface area (Å²) in [6.45, 7) is 3.67. The molecule has 0 radical (unpaired) electrons. The minimum absolute atomic E-state index is 0.106. The van der Waals surface area contributed by atoms with Crippen molar-refractivity contribution in [1.82, 2.24) is 4.98 Å². The number of hydrogen-bond donors (Lipinski definition) is 2. The van der Waals surface area contributed by atoms with Gasteiger partial charge in [-0.15, -0.1) is 11.3 Å². The van der Waals surface area contributed by atoms with Gasteiger partial charge in [0.1, 0.15) is 10.6 Å². The summed E-state index contributed by atoms with van der Waals surface area (Å²) in [4.78, 5) is 17.4. The average Bonchev–Trinajstić information content (AvgIpc) is 3.43. The monoisotopic (exact) mass is 483 g/mol. The number of oxazole rings is 1. The van der Waals surface area contributed by atoms with Crippen molar-refractivity contribution in [3.8, 4) is 17.1 Å². The minimum atomic E-state index is -3.98. The highest BCUT2D eigenvalue weighted by atomic mass is 32.2. The quantitative estimate of drug-likeness (QED) is 0.379. The number of carbonyl (C=O) groups excluding carboxylic acids is 1. The number of aromatic nitrogens is 1. The van der Waals surface area contributed by atoms with E-state index in [1.54, 1.807) is 0 Å². The first-order valence-electron chi connectivity index (χ1n) is 9.86. The molecule has 0 spiro atoms. The maximum absolute atomic E-state index is 13.1. The van der Waals surface area contributed by atoms with E-state index >= 15 is 0 Å². The molecule has 0 unspecified atom stereocenters. The number of hydrogen-bond acceptors (Lipinski definition) is 7. The number of aryl methyl sites for hydroxylation is 2. The van der Waals surface area contributed by atoms with Crippen LogP contribution in [0.15, 0.2) is 69.4 Å². The van der Waals surface area contributed by atoms with E-state index in [9.17, 15) is 13.2 Å². The first kappa shape index (κ1) is 22.6. The van der Waals surface area contributed by atoms with Crippen molar-refractivity contribution < 1.29 is 22.4 Å². The Morgan fingerprint density at radius 1 is 1.12 bits per heavy atom. The van der Waals surface area contributed by atoms with Crippen LogP contribution in [0.3, 0.4) is 0 Å². The van der Waals surface area contributed by atoms with E-state index in [2.05, 4.69) is 15.0 Å². The molecule has 0 aliphatic heterocycles. The second-order valence-electron chi connectivity index (χ2n) is 7.17. The number of ether oxygens (including phenoxy) is 1. The molecule has 4 aromatic rings. The predicted octanol–water partition coefficient (Wildman–Crippen LogP) is 5.08. The lowest BCUT2D eigenvalue weighted by molar-refractivity contribution is 0.0991. The van der Waals surface area contributed by atoms with Crippen LogP contribution in [0.4, 0.5) is 11.4 Å². The molecule has 2 aromatic heterocycles. The van der Waals surface area contributed by atoms with Crippen LogP contribution in [0.5, 0.6) is 5.75 Å². The average molecular weight is 484 g/mol. The Morgan fingerprint density at radius 2 is 1.88 bits per heavy atom. The number of rotatable bonds is 7. The fraction of sp³-hybridized carbons (Fsp3) is 0.130. The first-order chi connectivity index (χ1) is 15.8. The van der Waals surface area contributed by atoms with Crippen molar-refractivity contribution in [1.29, 1.82) is 0 Å². The fourth-order valence-electron chi connectivity index (χ4n) is 3.18. The van der Waals surface area contributed by atoms with Crippen molar-refractivity contribution in [3.63, 3.8) is 0 Å². The highest BCUT2D eigenvalue weighted by molar-refractivity contribution is 7.92. The van der Waals surface area contributed by atoms with E-state index in [1.807, 2.05) is 49.6 Å². The molecule has 2 N–H and O–H groups in total. The number of amides is 1. The number of sulfonamides is 1. The zero-order valence-electron chi connectivity index (χ0n) is 18.1. The number of nitrogens with one attached hydrogen (secondary N) is 2. The Hall–Kier alpha value is -3.63. The summed E-state index contributed by atoms with van der Waals surface area (Å²) < 4.78 is 39.7. The van der Waals surface area contributed by atoms with Crippen molar-refractivity contribution in [2.75, 3.05) is 17.1 Å². The number of thiophene rings is 1. The molecule has 2 aromatic carbocycles. The van der Waals surface area contributed by atoms with E-state index in [4.69, 9.17) is 9.15 Å². The van der Waals surface area contributed by atoms with Crippen LogP contribution in [0.2, 0.25) is 0 Å². The van der Waals surface area contributed by atoms with Gasteiger partial charge in [-0.3, -0.25) is 9.52 Å². The first-order valence-corrected chi connectivity index (χ1v) is 12.2. The van der Waals surface area contributed by atoms with E-state index in [1.165, 1.54) is 42.8 Å². The van der Waals surface area contributed by atoms with E-state index in [0.29, 0.717) is 11.4 Å². The Bertz CT molecular complexity index is 1390. The minimum Gasteiger partial charge on any atom is -0.495 e. The van der Waals surface area contributed by atoms with E-state index in [0.717, 1.165) is 16.0 Å². The number of nitrogens with zero attached hydrogens (tertiary/aromatic N) is 1. The summed E-state index contributed by atoms with van der Waals surface area (Å²) in [6, 6.07) is 13.6. The lowest BCUT2D eigenvalue weighted by atomic mass is 10.2. The zero-order chi connectivity index (χ0) is 23.6. The highest BCUT2D eigenvalue weighted by Gasteiger charge is 2.23. The molecule has 0 saturated carbocycles. The van der Waals surface area contributed by atoms with Crippen LogP contribution in [-0.2, 0) is 10.0 Å². The second-order valence-corrected chi connectivity index (χ2v) is 9.91. The molecule has 33 heavy (non-hydrogen) atoms.